The van der Waals surface area contributed by atoms with Gasteiger partial charge in [-0.2, -0.15) is 0 Å². The molecule has 0 bridgehead atoms. The largest absolute Gasteiger partial charge is 0.362 e. The van der Waals surface area contributed by atoms with Crippen LogP contribution in [0.25, 0.3) is 0 Å². The number of rotatable bonds is 8. The van der Waals surface area contributed by atoms with Gasteiger partial charge in [-0.25, -0.2) is 0 Å². The summed E-state index contributed by atoms with van der Waals surface area (Å²) >= 11 is 2.83. The third kappa shape index (κ3) is 8.09. The van der Waals surface area contributed by atoms with Gasteiger partial charge >= 0.3 is 5.70 Å². The van der Waals surface area contributed by atoms with Crippen molar-refractivity contribution in [2.45, 2.75) is 13.8 Å². The number of nitro groups is 1. The Hall–Kier alpha value is -1.89. The Kier molecular flexibility index (Phi) is 12.1. The molecule has 7 heteroatoms. The maximum atomic E-state index is 11.0. The van der Waals surface area contributed by atoms with Crippen LogP contribution in [0.2, 0.25) is 0 Å². The summed E-state index contributed by atoms with van der Waals surface area (Å²) in [6, 6.07) is 0. The van der Waals surface area contributed by atoms with Crippen LogP contribution in [0.3, 0.4) is 0 Å². The van der Waals surface area contributed by atoms with Gasteiger partial charge < -0.3 is 10.2 Å². The van der Waals surface area contributed by atoms with Gasteiger partial charge in [0, 0.05) is 20.6 Å². The van der Waals surface area contributed by atoms with Gasteiger partial charge in [-0.05, 0) is 21.5 Å². The van der Waals surface area contributed by atoms with Gasteiger partial charge in [-0.1, -0.05) is 45.2 Å². The average molecular weight is 359 g/mol. The van der Waals surface area contributed by atoms with Gasteiger partial charge in [0.2, 0.25) is 0 Å². The minimum Gasteiger partial charge on any atom is -0.362 e. The van der Waals surface area contributed by atoms with Gasteiger partial charge in [0.1, 0.15) is 0 Å². The predicted molar refractivity (Wildman–Crippen MR) is 92.2 cm³/mol. The van der Waals surface area contributed by atoms with E-state index in [0.717, 1.165) is 5.57 Å². The molecule has 0 aliphatic rings. The fourth-order valence-electron chi connectivity index (χ4n) is 1.26. The third-order valence-corrected chi connectivity index (χ3v) is 2.49. The number of nitrogens with one attached hydrogen (secondary N) is 2. The zero-order valence-corrected chi connectivity index (χ0v) is 14.5. The van der Waals surface area contributed by atoms with Crippen molar-refractivity contribution in [1.29, 1.82) is 5.41 Å². The Balaban J connectivity index is 0. The molecule has 0 atom stereocenters. The summed E-state index contributed by atoms with van der Waals surface area (Å²) in [4.78, 5) is 11.9. The summed E-state index contributed by atoms with van der Waals surface area (Å²) < 4.78 is -0.290. The molecule has 6 nitrogen and oxygen atoms in total. The van der Waals surface area contributed by atoms with Gasteiger partial charge in [0.15, 0.2) is 10.4 Å². The van der Waals surface area contributed by atoms with E-state index in [4.69, 9.17) is 5.41 Å². The summed E-state index contributed by atoms with van der Waals surface area (Å²) in [7, 11) is 3.32. The molecule has 0 amide bonds. The second-order valence-electron chi connectivity index (χ2n) is 3.70. The first-order valence-electron chi connectivity index (χ1n) is 6.33. The number of hydrogen-bond acceptors (Lipinski definition) is 5. The fourth-order valence-corrected chi connectivity index (χ4v) is 1.59. The lowest BCUT2D eigenvalue weighted by Crippen LogP contribution is -2.31. The number of allylic oxidation sites excluding steroid dienone is 3. The van der Waals surface area contributed by atoms with Crippen LogP contribution < -0.4 is 5.32 Å². The highest BCUT2D eigenvalue weighted by Gasteiger charge is 2.24. The number of hydrogen-bond donors (Lipinski definition) is 2. The van der Waals surface area contributed by atoms with Crippen LogP contribution in [0.1, 0.15) is 13.8 Å². The van der Waals surface area contributed by atoms with Gasteiger partial charge in [0.25, 0.3) is 0 Å². The molecule has 2 N–H and O–H groups in total. The Morgan fingerprint density at radius 1 is 1.43 bits per heavy atom. The van der Waals surface area contributed by atoms with Crippen LogP contribution >= 0.6 is 15.9 Å². The molecular weight excluding hydrogens is 336 g/mol. The Morgan fingerprint density at radius 2 is 1.95 bits per heavy atom. The van der Waals surface area contributed by atoms with Crippen molar-refractivity contribution in [2.75, 3.05) is 20.6 Å². The smallest absolute Gasteiger partial charge is 0.340 e. The van der Waals surface area contributed by atoms with E-state index in [1.54, 1.807) is 37.2 Å². The first kappa shape index (κ1) is 21.4. The Bertz CT molecular complexity index is 438. The molecule has 118 valence electrons. The van der Waals surface area contributed by atoms with Crippen LogP contribution in [0.15, 0.2) is 48.5 Å². The van der Waals surface area contributed by atoms with Crippen molar-refractivity contribution >= 4 is 20.6 Å². The standard InChI is InChI=1S/C12H17BrN4O2.C2H6/c1-5-7-9(6-2)8-15-12(16(3)4)10(11(13)14)17(18)19;1-2/h5-7,14-15H,1-2,8H2,3-4H3;1-2H3/b9-7+,12-10-,14-11?;. The lowest BCUT2D eigenvalue weighted by Gasteiger charge is -2.19. The quantitative estimate of drug-likeness (QED) is 0.302. The highest BCUT2D eigenvalue weighted by atomic mass is 79.9. The molecule has 0 heterocycles. The zero-order valence-electron chi connectivity index (χ0n) is 12.9. The molecule has 0 fully saturated rings. The van der Waals surface area contributed by atoms with E-state index < -0.39 is 4.92 Å². The maximum absolute atomic E-state index is 11.0. The molecule has 0 saturated carbocycles. The molecule has 0 aromatic carbocycles. The summed E-state index contributed by atoms with van der Waals surface area (Å²) in [5.41, 5.74) is 0.505. The van der Waals surface area contributed by atoms with Crippen LogP contribution in [0.4, 0.5) is 0 Å². The Morgan fingerprint density at radius 3 is 2.24 bits per heavy atom. The van der Waals surface area contributed by atoms with Crippen molar-refractivity contribution < 1.29 is 4.92 Å². The van der Waals surface area contributed by atoms with E-state index in [0.29, 0.717) is 6.54 Å². The van der Waals surface area contributed by atoms with Gasteiger partial charge in [-0.15, -0.1) is 0 Å². The first-order valence-corrected chi connectivity index (χ1v) is 7.12. The van der Waals surface area contributed by atoms with Crippen molar-refractivity contribution in [3.8, 4) is 0 Å². The van der Waals surface area contributed by atoms with E-state index >= 15 is 0 Å². The van der Waals surface area contributed by atoms with Crippen molar-refractivity contribution in [1.82, 2.24) is 10.2 Å². The molecule has 0 saturated heterocycles. The molecule has 0 radical (unpaired) electrons. The third-order valence-electron chi connectivity index (χ3n) is 2.12. The minimum atomic E-state index is -0.607. The highest BCUT2D eigenvalue weighted by Crippen LogP contribution is 2.11. The summed E-state index contributed by atoms with van der Waals surface area (Å²) in [6.45, 7) is 11.6. The van der Waals surface area contributed by atoms with Crippen LogP contribution in [-0.4, -0.2) is 35.1 Å². The highest BCUT2D eigenvalue weighted by molar-refractivity contribution is 9.18. The molecule has 0 unspecified atom stereocenters. The Labute approximate surface area is 134 Å². The molecule has 0 aliphatic heterocycles. The second kappa shape index (κ2) is 11.9. The van der Waals surface area contributed by atoms with Crippen molar-refractivity contribution in [3.63, 3.8) is 0 Å². The molecule has 0 aromatic rings. The molecule has 21 heavy (non-hydrogen) atoms. The fraction of sp³-hybridized carbons (Fsp3) is 0.357. The van der Waals surface area contributed by atoms with Crippen LogP contribution in [0.5, 0.6) is 0 Å². The number of nitrogens with zero attached hydrogens (tertiary/aromatic N) is 2. The molecule has 0 aliphatic carbocycles. The van der Waals surface area contributed by atoms with E-state index in [9.17, 15) is 10.1 Å². The van der Waals surface area contributed by atoms with Crippen LogP contribution in [-0.2, 0) is 0 Å². The maximum Gasteiger partial charge on any atom is 0.340 e. The van der Waals surface area contributed by atoms with E-state index in [1.807, 2.05) is 13.8 Å². The number of halogens is 1. The SMILES string of the molecule is C=C/C=C(\C=C)CN/C(=C(\C(=N)Br)[N+](=O)[O-])N(C)C.CC. The lowest BCUT2D eigenvalue weighted by molar-refractivity contribution is -0.417. The first-order chi connectivity index (χ1) is 9.84. The lowest BCUT2D eigenvalue weighted by atomic mass is 10.2. The predicted octanol–water partition coefficient (Wildman–Crippen LogP) is 3.28. The zero-order chi connectivity index (χ0) is 17.0. The molecule has 0 spiro atoms. The normalized spacial score (nSPS) is 11.4. The van der Waals surface area contributed by atoms with Crippen LogP contribution in [0, 0.1) is 15.5 Å². The van der Waals surface area contributed by atoms with E-state index in [1.165, 1.54) is 0 Å². The second-order valence-corrected chi connectivity index (χ2v) is 4.49. The van der Waals surface area contributed by atoms with Gasteiger partial charge in [-0.3, -0.25) is 15.5 Å². The summed E-state index contributed by atoms with van der Waals surface area (Å²) in [6.07, 6.45) is 4.99. The topological polar surface area (TPSA) is 82.3 Å². The average Bonchev–Trinajstić information content (AvgIpc) is 2.42. The molecule has 0 rings (SSSR count). The summed E-state index contributed by atoms with van der Waals surface area (Å²) in [5.74, 6) is 0.240. The van der Waals surface area contributed by atoms with Gasteiger partial charge in [0.05, 0.1) is 4.92 Å². The summed E-state index contributed by atoms with van der Waals surface area (Å²) in [5, 5.41) is 21.3. The van der Waals surface area contributed by atoms with E-state index in [2.05, 4.69) is 34.4 Å². The van der Waals surface area contributed by atoms with Crippen molar-refractivity contribution in [3.05, 3.63) is 58.6 Å². The van der Waals surface area contributed by atoms with Crippen molar-refractivity contribution in [2.24, 2.45) is 0 Å². The molecular formula is C14H23BrN4O2. The van der Waals surface area contributed by atoms with E-state index in [-0.39, 0.29) is 16.1 Å². The monoisotopic (exact) mass is 358 g/mol. The molecule has 0 aromatic heterocycles. The minimum absolute atomic E-state index is 0.240.